The van der Waals surface area contributed by atoms with Gasteiger partial charge in [-0.15, -0.1) is 0 Å². The second kappa shape index (κ2) is 9.96. The maximum atomic E-state index is 13.4. The number of carbonyl (C=O) groups is 3. The van der Waals surface area contributed by atoms with Crippen LogP contribution in [0.5, 0.6) is 0 Å². The number of fused-ring (bicyclic) bond motifs is 1. The largest absolute Gasteiger partial charge is 0.457 e. The summed E-state index contributed by atoms with van der Waals surface area (Å²) in [7, 11) is 1.94. The molecule has 0 radical (unpaired) electrons. The average molecular weight is 451 g/mol. The quantitative estimate of drug-likeness (QED) is 0.202. The van der Waals surface area contributed by atoms with Crippen LogP contribution in [-0.2, 0) is 32.6 Å². The van der Waals surface area contributed by atoms with Crippen LogP contribution in [0.15, 0.2) is 30.8 Å². The van der Waals surface area contributed by atoms with Gasteiger partial charge in [0.25, 0.3) is 5.78 Å². The number of ether oxygens (including phenoxy) is 1. The number of benzene rings is 1. The Balaban J connectivity index is 1.88. The Labute approximate surface area is 193 Å². The van der Waals surface area contributed by atoms with Gasteiger partial charge in [-0.05, 0) is 43.9 Å². The smallest absolute Gasteiger partial charge is 0.442 e. The number of ketones is 1. The minimum absolute atomic E-state index is 0.0610. The van der Waals surface area contributed by atoms with Gasteiger partial charge in [0.1, 0.15) is 0 Å². The highest BCUT2D eigenvalue weighted by Crippen LogP contribution is 2.36. The van der Waals surface area contributed by atoms with Crippen molar-refractivity contribution >= 4 is 40.4 Å². The zero-order chi connectivity index (χ0) is 24.2. The van der Waals surface area contributed by atoms with Crippen LogP contribution in [0.25, 0.3) is 22.5 Å². The summed E-state index contributed by atoms with van der Waals surface area (Å²) in [5, 5.41) is 0.995. The van der Waals surface area contributed by atoms with E-state index in [1.807, 2.05) is 42.8 Å². The van der Waals surface area contributed by atoms with Crippen LogP contribution in [0.1, 0.15) is 44.4 Å². The van der Waals surface area contributed by atoms with Crippen molar-refractivity contribution in [1.29, 1.82) is 0 Å². The molecule has 0 saturated carbocycles. The second-order valence-electron chi connectivity index (χ2n) is 8.37. The van der Waals surface area contributed by atoms with E-state index in [9.17, 15) is 19.9 Å². The van der Waals surface area contributed by atoms with Crippen molar-refractivity contribution in [2.45, 2.75) is 39.5 Å². The molecule has 0 spiro atoms. The number of Topliss-reactive ketones (excluding diaryl/α,β-unsaturated/α-hetero) is 1. The third kappa shape index (κ3) is 4.39. The normalized spacial score (nSPS) is 18.0. The molecule has 3 rings (SSSR count). The minimum atomic E-state index is -0.998. The average Bonchev–Trinajstić information content (AvgIpc) is 3.10. The number of piperidine rings is 1. The Morgan fingerprint density at radius 3 is 2.64 bits per heavy atom. The van der Waals surface area contributed by atoms with Crippen molar-refractivity contribution in [3.05, 3.63) is 47.6 Å². The van der Waals surface area contributed by atoms with Gasteiger partial charge in [0, 0.05) is 36.7 Å². The molecular weight excluding hydrogens is 420 g/mol. The van der Waals surface area contributed by atoms with Crippen LogP contribution in [-0.4, -0.2) is 57.3 Å². The standard InChI is InChI=1S/C25H30N4O4/c1-5-19-18(17-11-8-9-12-20(17)28(19)4)15-21(30)29-14-10-13-25(6-2,16-29)23(31)22(27-26)24(32)33-7-3/h5,8-9,11-12H,1,6-7,10,13-16H2,2-4H3/t25-/m0/s1. The first-order valence-corrected chi connectivity index (χ1v) is 11.2. The molecule has 0 aliphatic carbocycles. The number of hydrogen-bond acceptors (Lipinski definition) is 4. The van der Waals surface area contributed by atoms with Crippen LogP contribution in [0.2, 0.25) is 0 Å². The Morgan fingerprint density at radius 2 is 2.00 bits per heavy atom. The zero-order valence-corrected chi connectivity index (χ0v) is 19.5. The topological polar surface area (TPSA) is 105 Å². The molecule has 1 aromatic carbocycles. The van der Waals surface area contributed by atoms with E-state index < -0.39 is 22.9 Å². The van der Waals surface area contributed by atoms with Gasteiger partial charge >= 0.3 is 11.7 Å². The van der Waals surface area contributed by atoms with Gasteiger partial charge in [-0.1, -0.05) is 31.7 Å². The third-order valence-electron chi connectivity index (χ3n) is 6.65. The van der Waals surface area contributed by atoms with Gasteiger partial charge in [0.15, 0.2) is 0 Å². The van der Waals surface area contributed by atoms with Crippen molar-refractivity contribution in [1.82, 2.24) is 9.47 Å². The summed E-state index contributed by atoms with van der Waals surface area (Å²) in [5.41, 5.74) is 10.5. The first-order chi connectivity index (χ1) is 15.8. The molecule has 2 heterocycles. The lowest BCUT2D eigenvalue weighted by Crippen LogP contribution is -2.53. The third-order valence-corrected chi connectivity index (χ3v) is 6.65. The van der Waals surface area contributed by atoms with Crippen molar-refractivity contribution in [3.63, 3.8) is 0 Å². The molecule has 0 unspecified atom stereocenters. The van der Waals surface area contributed by atoms with Crippen molar-refractivity contribution < 1.29 is 23.9 Å². The first kappa shape index (κ1) is 24.1. The molecule has 1 atom stereocenters. The Bertz CT molecular complexity index is 1160. The maximum absolute atomic E-state index is 13.4. The molecule has 8 nitrogen and oxygen atoms in total. The molecular formula is C25H30N4O4. The number of amides is 1. The lowest BCUT2D eigenvalue weighted by molar-refractivity contribution is -0.145. The van der Waals surface area contributed by atoms with Gasteiger partial charge in [0.2, 0.25) is 5.91 Å². The molecule has 1 saturated heterocycles. The summed E-state index contributed by atoms with van der Waals surface area (Å²) < 4.78 is 6.89. The van der Waals surface area contributed by atoms with Gasteiger partial charge < -0.3 is 19.7 Å². The zero-order valence-electron chi connectivity index (χ0n) is 19.5. The highest BCUT2D eigenvalue weighted by atomic mass is 16.5. The Kier molecular flexibility index (Phi) is 7.29. The Morgan fingerprint density at radius 1 is 1.27 bits per heavy atom. The van der Waals surface area contributed by atoms with Crippen LogP contribution in [0.3, 0.4) is 0 Å². The summed E-state index contributed by atoms with van der Waals surface area (Å²) >= 11 is 0. The molecule has 0 bridgehead atoms. The van der Waals surface area contributed by atoms with Gasteiger partial charge in [0.05, 0.1) is 18.4 Å². The van der Waals surface area contributed by atoms with Gasteiger partial charge in [-0.2, -0.15) is 4.79 Å². The first-order valence-electron chi connectivity index (χ1n) is 11.2. The van der Waals surface area contributed by atoms with E-state index in [0.29, 0.717) is 25.8 Å². The molecule has 33 heavy (non-hydrogen) atoms. The van der Waals surface area contributed by atoms with E-state index in [1.165, 1.54) is 0 Å². The summed E-state index contributed by atoms with van der Waals surface area (Å²) in [6.45, 7) is 8.11. The van der Waals surface area contributed by atoms with E-state index in [-0.39, 0.29) is 25.5 Å². The second-order valence-corrected chi connectivity index (χ2v) is 8.37. The fourth-order valence-electron chi connectivity index (χ4n) is 4.81. The van der Waals surface area contributed by atoms with Crippen molar-refractivity contribution in [2.75, 3.05) is 19.7 Å². The summed E-state index contributed by atoms with van der Waals surface area (Å²) in [6, 6.07) is 7.89. The fraction of sp³-hybridized carbons (Fsp3) is 0.440. The van der Waals surface area contributed by atoms with Crippen LogP contribution >= 0.6 is 0 Å². The van der Waals surface area contributed by atoms with Gasteiger partial charge in [-0.25, -0.2) is 4.79 Å². The lowest BCUT2D eigenvalue weighted by atomic mass is 9.72. The molecule has 1 aliphatic rings. The number of likely N-dealkylation sites (tertiary alicyclic amines) is 1. The number of aryl methyl sites for hydroxylation is 1. The molecule has 174 valence electrons. The number of nitrogens with zero attached hydrogens (tertiary/aromatic N) is 4. The maximum Gasteiger partial charge on any atom is 0.442 e. The van der Waals surface area contributed by atoms with Gasteiger partial charge in [-0.3, -0.25) is 9.59 Å². The number of aromatic nitrogens is 1. The lowest BCUT2D eigenvalue weighted by Gasteiger charge is -2.40. The van der Waals surface area contributed by atoms with Crippen molar-refractivity contribution in [2.24, 2.45) is 12.5 Å². The molecule has 2 aromatic rings. The van der Waals surface area contributed by atoms with Crippen LogP contribution in [0.4, 0.5) is 0 Å². The minimum Gasteiger partial charge on any atom is -0.457 e. The van der Waals surface area contributed by atoms with E-state index in [2.05, 4.69) is 11.4 Å². The number of hydrogen-bond donors (Lipinski definition) is 0. The predicted molar refractivity (Wildman–Crippen MR) is 126 cm³/mol. The number of carbonyl (C=O) groups excluding carboxylic acids is 3. The highest BCUT2D eigenvalue weighted by Gasteiger charge is 2.49. The molecule has 0 N–H and O–H groups in total. The van der Waals surface area contributed by atoms with Crippen molar-refractivity contribution in [3.8, 4) is 0 Å². The molecule has 1 aromatic heterocycles. The monoisotopic (exact) mass is 450 g/mol. The summed E-state index contributed by atoms with van der Waals surface area (Å²) in [5.74, 6) is -1.63. The number of rotatable bonds is 8. The number of para-hydroxylation sites is 1. The molecule has 8 heteroatoms. The summed E-state index contributed by atoms with van der Waals surface area (Å²) in [6.07, 6.45) is 3.44. The summed E-state index contributed by atoms with van der Waals surface area (Å²) in [4.78, 5) is 43.4. The molecule has 1 aliphatic heterocycles. The Hall–Kier alpha value is -3.51. The van der Waals surface area contributed by atoms with Crippen LogP contribution in [0, 0.1) is 5.41 Å². The molecule has 1 fully saturated rings. The SMILES string of the molecule is C=Cc1c(CC(=O)N2CCC[C@](CC)(C(=O)C(=[N+]=[N-])C(=O)OCC)C2)c2ccccc2n1C. The van der Waals surface area contributed by atoms with Crippen LogP contribution < -0.4 is 0 Å². The number of esters is 1. The highest BCUT2D eigenvalue weighted by molar-refractivity contribution is 6.63. The van der Waals surface area contributed by atoms with E-state index in [1.54, 1.807) is 17.9 Å². The molecule has 1 amide bonds. The van der Waals surface area contributed by atoms with E-state index in [4.69, 9.17) is 4.74 Å². The van der Waals surface area contributed by atoms with E-state index in [0.717, 1.165) is 22.2 Å². The van der Waals surface area contributed by atoms with E-state index >= 15 is 0 Å². The fourth-order valence-corrected chi connectivity index (χ4v) is 4.81. The predicted octanol–water partition coefficient (Wildman–Crippen LogP) is 3.19.